The van der Waals surface area contributed by atoms with Gasteiger partial charge in [0.1, 0.15) is 5.82 Å². The summed E-state index contributed by atoms with van der Waals surface area (Å²) in [5.41, 5.74) is 7.33. The van der Waals surface area contributed by atoms with Crippen molar-refractivity contribution in [2.75, 3.05) is 11.1 Å². The minimum absolute atomic E-state index is 0.0139. The number of carboxylic acid groups (broad SMARTS) is 1. The van der Waals surface area contributed by atoms with Gasteiger partial charge in [0.15, 0.2) is 0 Å². The van der Waals surface area contributed by atoms with Crippen LogP contribution in [-0.4, -0.2) is 11.1 Å². The van der Waals surface area contributed by atoms with Gasteiger partial charge in [0.25, 0.3) is 0 Å². The predicted octanol–water partition coefficient (Wildman–Crippen LogP) is 3.81. The number of anilines is 3. The summed E-state index contributed by atoms with van der Waals surface area (Å²) in [5, 5.41) is 12.3. The lowest BCUT2D eigenvalue weighted by Crippen LogP contribution is -2.05. The van der Waals surface area contributed by atoms with Crippen LogP contribution < -0.4 is 11.1 Å². The molecule has 0 saturated heterocycles. The smallest absolute Gasteiger partial charge is 0.337 e. The molecule has 4 N–H and O–H groups in total. The fourth-order valence-electron chi connectivity index (χ4n) is 1.80. The number of nitrogens with two attached hydrogens (primary N) is 1. The number of nitrogen functional groups attached to an aromatic ring is 1. The molecule has 0 bridgehead atoms. The van der Waals surface area contributed by atoms with Crippen molar-refractivity contribution >= 4 is 34.6 Å². The first-order chi connectivity index (χ1) is 9.38. The van der Waals surface area contributed by atoms with Crippen LogP contribution in [0.5, 0.6) is 0 Å². The van der Waals surface area contributed by atoms with Gasteiger partial charge in [-0.2, -0.15) is 0 Å². The maximum atomic E-state index is 13.2. The Balaban J connectivity index is 2.44. The monoisotopic (exact) mass is 294 g/mol. The number of hydrogen-bond acceptors (Lipinski definition) is 3. The van der Waals surface area contributed by atoms with Crippen LogP contribution >= 0.6 is 11.6 Å². The summed E-state index contributed by atoms with van der Waals surface area (Å²) in [6.07, 6.45) is 0. The molecule has 0 heterocycles. The Hall–Kier alpha value is -2.27. The highest BCUT2D eigenvalue weighted by atomic mass is 35.5. The number of aryl methyl sites for hydroxylation is 1. The zero-order valence-electron chi connectivity index (χ0n) is 10.6. The summed E-state index contributed by atoms with van der Waals surface area (Å²) in [7, 11) is 0. The van der Waals surface area contributed by atoms with Crippen molar-refractivity contribution in [3.05, 3.63) is 52.3 Å². The molecule has 0 fully saturated rings. The molecule has 0 radical (unpaired) electrons. The first-order valence-electron chi connectivity index (χ1n) is 5.74. The number of nitrogens with one attached hydrogen (secondary N) is 1. The number of carboxylic acids is 1. The standard InChI is InChI=1S/C14H12ClFN2O2/c1-7-4-9(6-10(13(7)17)14(19)20)18-12-5-8(16)2-3-11(12)15/h2-6,18H,17H2,1H3,(H,19,20). The minimum Gasteiger partial charge on any atom is -0.478 e. The van der Waals surface area contributed by atoms with Gasteiger partial charge in [-0.1, -0.05) is 11.6 Å². The molecule has 0 aliphatic rings. The second-order valence-corrected chi connectivity index (χ2v) is 4.72. The highest BCUT2D eigenvalue weighted by molar-refractivity contribution is 6.33. The zero-order valence-corrected chi connectivity index (χ0v) is 11.3. The lowest BCUT2D eigenvalue weighted by Gasteiger charge is -2.12. The summed E-state index contributed by atoms with van der Waals surface area (Å²) in [6, 6.07) is 6.94. The maximum Gasteiger partial charge on any atom is 0.337 e. The van der Waals surface area contributed by atoms with Crippen molar-refractivity contribution in [3.63, 3.8) is 0 Å². The molecule has 0 aliphatic carbocycles. The average molecular weight is 295 g/mol. The Morgan fingerprint density at radius 3 is 2.70 bits per heavy atom. The fraction of sp³-hybridized carbons (Fsp3) is 0.0714. The topological polar surface area (TPSA) is 75.3 Å². The molecule has 0 unspecified atom stereocenters. The van der Waals surface area contributed by atoms with E-state index in [2.05, 4.69) is 5.32 Å². The van der Waals surface area contributed by atoms with E-state index in [0.717, 1.165) is 0 Å². The third kappa shape index (κ3) is 2.83. The minimum atomic E-state index is -1.13. The molecule has 0 saturated carbocycles. The van der Waals surface area contributed by atoms with Crippen LogP contribution in [0.3, 0.4) is 0 Å². The summed E-state index contributed by atoms with van der Waals surface area (Å²) in [6.45, 7) is 1.69. The molecule has 2 rings (SSSR count). The molecule has 0 spiro atoms. The van der Waals surface area contributed by atoms with Crippen LogP contribution in [0.15, 0.2) is 30.3 Å². The Kier molecular flexibility index (Phi) is 3.81. The Morgan fingerprint density at radius 2 is 2.05 bits per heavy atom. The van der Waals surface area contributed by atoms with E-state index in [1.165, 1.54) is 24.3 Å². The Morgan fingerprint density at radius 1 is 1.35 bits per heavy atom. The molecule has 0 amide bonds. The Bertz CT molecular complexity index is 689. The predicted molar refractivity (Wildman–Crippen MR) is 77.2 cm³/mol. The second-order valence-electron chi connectivity index (χ2n) is 4.31. The molecule has 6 heteroatoms. The van der Waals surface area contributed by atoms with E-state index < -0.39 is 11.8 Å². The van der Waals surface area contributed by atoms with E-state index in [1.54, 1.807) is 13.0 Å². The number of carbonyl (C=O) groups is 1. The van der Waals surface area contributed by atoms with Gasteiger partial charge in [-0.15, -0.1) is 0 Å². The second kappa shape index (κ2) is 5.38. The molecule has 2 aromatic carbocycles. The van der Waals surface area contributed by atoms with Gasteiger partial charge >= 0.3 is 5.97 Å². The van der Waals surface area contributed by atoms with E-state index in [9.17, 15) is 9.18 Å². The summed E-state index contributed by atoms with van der Waals surface area (Å²) in [4.78, 5) is 11.1. The van der Waals surface area contributed by atoms with E-state index in [-0.39, 0.29) is 11.3 Å². The van der Waals surface area contributed by atoms with Crippen molar-refractivity contribution in [1.82, 2.24) is 0 Å². The molecule has 0 atom stereocenters. The zero-order chi connectivity index (χ0) is 14.9. The van der Waals surface area contributed by atoms with Crippen LogP contribution in [0.2, 0.25) is 5.02 Å². The molecule has 104 valence electrons. The van der Waals surface area contributed by atoms with E-state index >= 15 is 0 Å². The van der Waals surface area contributed by atoms with Crippen LogP contribution in [-0.2, 0) is 0 Å². The molecule has 0 aliphatic heterocycles. The maximum absolute atomic E-state index is 13.2. The average Bonchev–Trinajstić information content (AvgIpc) is 2.37. The van der Waals surface area contributed by atoms with Gasteiger partial charge in [-0.25, -0.2) is 9.18 Å². The largest absolute Gasteiger partial charge is 0.478 e. The third-order valence-corrected chi connectivity index (χ3v) is 3.15. The molecule has 4 nitrogen and oxygen atoms in total. The van der Waals surface area contributed by atoms with Crippen LogP contribution in [0.1, 0.15) is 15.9 Å². The SMILES string of the molecule is Cc1cc(Nc2cc(F)ccc2Cl)cc(C(=O)O)c1N. The number of hydrogen-bond donors (Lipinski definition) is 3. The van der Waals surface area contributed by atoms with Crippen molar-refractivity contribution in [1.29, 1.82) is 0 Å². The van der Waals surface area contributed by atoms with Crippen LogP contribution in [0.25, 0.3) is 0 Å². The van der Waals surface area contributed by atoms with Gasteiger partial charge in [-0.05, 0) is 42.8 Å². The van der Waals surface area contributed by atoms with Gasteiger partial charge in [0.2, 0.25) is 0 Å². The van der Waals surface area contributed by atoms with Gasteiger partial charge in [0.05, 0.1) is 16.3 Å². The summed E-state index contributed by atoms with van der Waals surface area (Å²) in [5.74, 6) is -1.57. The quantitative estimate of drug-likeness (QED) is 0.752. The number of rotatable bonds is 3. The van der Waals surface area contributed by atoms with Crippen LogP contribution in [0, 0.1) is 12.7 Å². The van der Waals surface area contributed by atoms with Crippen molar-refractivity contribution in [2.24, 2.45) is 0 Å². The van der Waals surface area contributed by atoms with Gasteiger partial charge in [0, 0.05) is 11.4 Å². The fourth-order valence-corrected chi connectivity index (χ4v) is 1.96. The molecular weight excluding hydrogens is 283 g/mol. The lowest BCUT2D eigenvalue weighted by atomic mass is 10.1. The highest BCUT2D eigenvalue weighted by Crippen LogP contribution is 2.29. The van der Waals surface area contributed by atoms with Crippen molar-refractivity contribution in [3.8, 4) is 0 Å². The first kappa shape index (κ1) is 14.1. The van der Waals surface area contributed by atoms with Gasteiger partial charge < -0.3 is 16.2 Å². The van der Waals surface area contributed by atoms with Crippen molar-refractivity contribution in [2.45, 2.75) is 6.92 Å². The van der Waals surface area contributed by atoms with Crippen molar-refractivity contribution < 1.29 is 14.3 Å². The first-order valence-corrected chi connectivity index (χ1v) is 6.12. The molecule has 2 aromatic rings. The normalized spacial score (nSPS) is 10.3. The molecule has 20 heavy (non-hydrogen) atoms. The highest BCUT2D eigenvalue weighted by Gasteiger charge is 2.12. The summed E-state index contributed by atoms with van der Waals surface area (Å²) >= 11 is 5.95. The number of benzene rings is 2. The Labute approximate surface area is 120 Å². The molecule has 0 aromatic heterocycles. The lowest BCUT2D eigenvalue weighted by molar-refractivity contribution is 0.0698. The summed E-state index contributed by atoms with van der Waals surface area (Å²) < 4.78 is 13.2. The van der Waals surface area contributed by atoms with Gasteiger partial charge in [-0.3, -0.25) is 0 Å². The number of halogens is 2. The van der Waals surface area contributed by atoms with E-state index in [0.29, 0.717) is 22.0 Å². The van der Waals surface area contributed by atoms with E-state index in [4.69, 9.17) is 22.4 Å². The third-order valence-electron chi connectivity index (χ3n) is 2.82. The molecular formula is C14H12ClFN2O2. The van der Waals surface area contributed by atoms with E-state index in [1.807, 2.05) is 0 Å². The number of aromatic carboxylic acids is 1. The van der Waals surface area contributed by atoms with Crippen LogP contribution in [0.4, 0.5) is 21.5 Å².